The molecule has 1 aromatic carbocycles. The monoisotopic (exact) mass is 370 g/mol. The number of carbonyl (C=O) groups is 1. The van der Waals surface area contributed by atoms with Crippen LogP contribution in [0.1, 0.15) is 5.56 Å². The summed E-state index contributed by atoms with van der Waals surface area (Å²) >= 11 is 3.45. The minimum Gasteiger partial charge on any atom is -0.309 e. The molecule has 0 saturated carbocycles. The second-order valence-electron chi connectivity index (χ2n) is 5.20. The molecule has 1 amide bonds. The normalized spacial score (nSPS) is 10.5. The minimum absolute atomic E-state index is 0.142. The van der Waals surface area contributed by atoms with Crippen molar-refractivity contribution in [2.45, 2.75) is 13.5 Å². The van der Waals surface area contributed by atoms with Crippen molar-refractivity contribution in [3.63, 3.8) is 0 Å². The topological polar surface area (TPSA) is 59.8 Å². The van der Waals surface area contributed by atoms with Gasteiger partial charge in [0.05, 0.1) is 6.20 Å². The van der Waals surface area contributed by atoms with Crippen LogP contribution in [0.25, 0.3) is 11.1 Å². The third kappa shape index (κ3) is 4.04. The Labute approximate surface area is 142 Å². The van der Waals surface area contributed by atoms with Crippen molar-refractivity contribution in [1.29, 1.82) is 0 Å². The Bertz CT molecular complexity index is 844. The van der Waals surface area contributed by atoms with Crippen molar-refractivity contribution in [3.8, 4) is 11.1 Å². The zero-order chi connectivity index (χ0) is 16.2. The number of benzene rings is 1. The van der Waals surface area contributed by atoms with Crippen molar-refractivity contribution < 1.29 is 4.79 Å². The van der Waals surface area contributed by atoms with E-state index < -0.39 is 0 Å². The van der Waals surface area contributed by atoms with E-state index in [4.69, 9.17) is 0 Å². The maximum Gasteiger partial charge on any atom is 0.247 e. The van der Waals surface area contributed by atoms with Gasteiger partial charge in [-0.1, -0.05) is 28.1 Å². The SMILES string of the molecule is Cc1ccnc(NC(=O)Cn2cc(-c3cccc(Br)c3)cn2)c1. The van der Waals surface area contributed by atoms with Gasteiger partial charge in [0.1, 0.15) is 12.4 Å². The Balaban J connectivity index is 1.68. The first kappa shape index (κ1) is 15.4. The van der Waals surface area contributed by atoms with Crippen LogP contribution < -0.4 is 5.32 Å². The molecule has 116 valence electrons. The van der Waals surface area contributed by atoms with E-state index in [1.165, 1.54) is 0 Å². The van der Waals surface area contributed by atoms with Crippen molar-refractivity contribution >= 4 is 27.7 Å². The zero-order valence-corrected chi connectivity index (χ0v) is 14.1. The number of amides is 1. The highest BCUT2D eigenvalue weighted by atomic mass is 79.9. The van der Waals surface area contributed by atoms with E-state index in [9.17, 15) is 4.79 Å². The Morgan fingerprint density at radius 1 is 1.26 bits per heavy atom. The maximum absolute atomic E-state index is 12.1. The molecule has 3 aromatic rings. The van der Waals surface area contributed by atoms with Gasteiger partial charge in [-0.05, 0) is 42.3 Å². The van der Waals surface area contributed by atoms with Crippen LogP contribution in [0.3, 0.4) is 0 Å². The van der Waals surface area contributed by atoms with Crippen LogP contribution in [-0.4, -0.2) is 20.7 Å². The minimum atomic E-state index is -0.160. The molecule has 0 fully saturated rings. The number of carbonyl (C=O) groups excluding carboxylic acids is 1. The van der Waals surface area contributed by atoms with Crippen molar-refractivity contribution in [1.82, 2.24) is 14.8 Å². The summed E-state index contributed by atoms with van der Waals surface area (Å²) in [5, 5.41) is 7.01. The lowest BCUT2D eigenvalue weighted by atomic mass is 10.1. The lowest BCUT2D eigenvalue weighted by molar-refractivity contribution is -0.116. The van der Waals surface area contributed by atoms with Gasteiger partial charge in [-0.25, -0.2) is 4.98 Å². The number of nitrogens with one attached hydrogen (secondary N) is 1. The predicted molar refractivity (Wildman–Crippen MR) is 93.0 cm³/mol. The molecule has 0 aliphatic heterocycles. The summed E-state index contributed by atoms with van der Waals surface area (Å²) < 4.78 is 2.62. The van der Waals surface area contributed by atoms with Crippen molar-refractivity contribution in [3.05, 3.63) is 65.0 Å². The Morgan fingerprint density at radius 3 is 2.91 bits per heavy atom. The molecule has 0 saturated heterocycles. The molecule has 0 atom stereocenters. The van der Waals surface area contributed by atoms with Crippen molar-refractivity contribution in [2.24, 2.45) is 0 Å². The summed E-state index contributed by atoms with van der Waals surface area (Å²) in [7, 11) is 0. The second-order valence-corrected chi connectivity index (χ2v) is 6.12. The molecule has 0 aliphatic rings. The maximum atomic E-state index is 12.1. The number of aryl methyl sites for hydroxylation is 1. The first-order valence-corrected chi connectivity index (χ1v) is 7.90. The summed E-state index contributed by atoms with van der Waals surface area (Å²) in [5.41, 5.74) is 3.06. The fourth-order valence-electron chi connectivity index (χ4n) is 2.20. The first-order chi connectivity index (χ1) is 11.1. The largest absolute Gasteiger partial charge is 0.309 e. The number of hydrogen-bond acceptors (Lipinski definition) is 3. The van der Waals surface area contributed by atoms with E-state index >= 15 is 0 Å². The van der Waals surface area contributed by atoms with Gasteiger partial charge in [-0.2, -0.15) is 5.10 Å². The molecular formula is C17H15BrN4O. The van der Waals surface area contributed by atoms with Gasteiger partial charge in [-0.3, -0.25) is 9.48 Å². The summed E-state index contributed by atoms with van der Waals surface area (Å²) in [6.45, 7) is 2.10. The number of hydrogen-bond donors (Lipinski definition) is 1. The van der Waals surface area contributed by atoms with Gasteiger partial charge in [0, 0.05) is 22.4 Å². The van der Waals surface area contributed by atoms with Crippen LogP contribution in [-0.2, 0) is 11.3 Å². The number of halogens is 1. The summed E-state index contributed by atoms with van der Waals surface area (Å²) in [6, 6.07) is 11.7. The van der Waals surface area contributed by atoms with Gasteiger partial charge < -0.3 is 5.32 Å². The van der Waals surface area contributed by atoms with Gasteiger partial charge in [0.15, 0.2) is 0 Å². The number of anilines is 1. The Kier molecular flexibility index (Phi) is 4.52. The molecule has 0 radical (unpaired) electrons. The number of aromatic nitrogens is 3. The van der Waals surface area contributed by atoms with Gasteiger partial charge in [0.2, 0.25) is 5.91 Å². The molecule has 0 unspecified atom stereocenters. The van der Waals surface area contributed by atoms with E-state index in [2.05, 4.69) is 31.3 Å². The molecule has 5 nitrogen and oxygen atoms in total. The molecule has 2 heterocycles. The van der Waals surface area contributed by atoms with E-state index in [0.29, 0.717) is 5.82 Å². The third-order valence-electron chi connectivity index (χ3n) is 3.28. The molecule has 0 bridgehead atoms. The van der Waals surface area contributed by atoms with Gasteiger partial charge in [0.25, 0.3) is 0 Å². The van der Waals surface area contributed by atoms with E-state index in [0.717, 1.165) is 21.2 Å². The highest BCUT2D eigenvalue weighted by molar-refractivity contribution is 9.10. The highest BCUT2D eigenvalue weighted by Gasteiger charge is 2.07. The zero-order valence-electron chi connectivity index (χ0n) is 12.5. The average Bonchev–Trinajstić information content (AvgIpc) is 2.95. The number of pyridine rings is 1. The lowest BCUT2D eigenvalue weighted by Crippen LogP contribution is -2.19. The van der Waals surface area contributed by atoms with Crippen LogP contribution in [0.2, 0.25) is 0 Å². The smallest absolute Gasteiger partial charge is 0.247 e. The van der Waals surface area contributed by atoms with Crippen LogP contribution >= 0.6 is 15.9 Å². The molecule has 6 heteroatoms. The average molecular weight is 371 g/mol. The summed E-state index contributed by atoms with van der Waals surface area (Å²) in [5.74, 6) is 0.390. The Hall–Kier alpha value is -2.47. The van der Waals surface area contributed by atoms with E-state index in [1.807, 2.05) is 49.5 Å². The molecule has 2 aromatic heterocycles. The first-order valence-electron chi connectivity index (χ1n) is 7.11. The molecule has 0 spiro atoms. The molecule has 23 heavy (non-hydrogen) atoms. The van der Waals surface area contributed by atoms with Crippen LogP contribution in [0.5, 0.6) is 0 Å². The molecule has 1 N–H and O–H groups in total. The lowest BCUT2D eigenvalue weighted by Gasteiger charge is -2.05. The van der Waals surface area contributed by atoms with Crippen molar-refractivity contribution in [2.75, 3.05) is 5.32 Å². The predicted octanol–water partition coefficient (Wildman–Crippen LogP) is 3.65. The van der Waals surface area contributed by atoms with Crippen LogP contribution in [0.15, 0.2) is 59.5 Å². The number of rotatable bonds is 4. The van der Waals surface area contributed by atoms with Gasteiger partial charge >= 0.3 is 0 Å². The van der Waals surface area contributed by atoms with Gasteiger partial charge in [-0.15, -0.1) is 0 Å². The molecule has 3 rings (SSSR count). The quantitative estimate of drug-likeness (QED) is 0.762. The van der Waals surface area contributed by atoms with E-state index in [1.54, 1.807) is 17.1 Å². The second kappa shape index (κ2) is 6.75. The number of nitrogens with zero attached hydrogens (tertiary/aromatic N) is 3. The molecule has 0 aliphatic carbocycles. The highest BCUT2D eigenvalue weighted by Crippen LogP contribution is 2.22. The van der Waals surface area contributed by atoms with E-state index in [-0.39, 0.29) is 12.5 Å². The standard InChI is InChI=1S/C17H15BrN4O/c1-12-5-6-19-16(7-12)21-17(23)11-22-10-14(9-20-22)13-3-2-4-15(18)8-13/h2-10H,11H2,1H3,(H,19,21,23). The van der Waals surface area contributed by atoms with Crippen LogP contribution in [0, 0.1) is 6.92 Å². The van der Waals surface area contributed by atoms with Crippen LogP contribution in [0.4, 0.5) is 5.82 Å². The third-order valence-corrected chi connectivity index (χ3v) is 3.77. The summed E-state index contributed by atoms with van der Waals surface area (Å²) in [4.78, 5) is 16.2. The fourth-order valence-corrected chi connectivity index (χ4v) is 2.60. The molecular weight excluding hydrogens is 356 g/mol. The fraction of sp³-hybridized carbons (Fsp3) is 0.118. The Morgan fingerprint density at radius 2 is 2.13 bits per heavy atom. The summed E-state index contributed by atoms with van der Waals surface area (Å²) in [6.07, 6.45) is 5.27.